The van der Waals surface area contributed by atoms with Crippen molar-refractivity contribution in [2.75, 3.05) is 0 Å². The number of unbranched alkanes of at least 4 members (excludes halogenated alkanes) is 1. The van der Waals surface area contributed by atoms with Gasteiger partial charge < -0.3 is 5.11 Å². The van der Waals surface area contributed by atoms with Crippen LogP contribution in [0.15, 0.2) is 0 Å². The number of alkyl halides is 1. The normalized spacial score (nSPS) is 17.3. The van der Waals surface area contributed by atoms with Crippen LogP contribution < -0.4 is 0 Å². The molecule has 0 radical (unpaired) electrons. The Balaban J connectivity index is 3.16. The fraction of sp³-hybridized carbons (Fsp3) is 1.00. The Morgan fingerprint density at radius 3 is 2.44 bits per heavy atom. The van der Waals surface area contributed by atoms with Gasteiger partial charge in [-0.3, -0.25) is 0 Å². The second-order valence-electron chi connectivity index (χ2n) is 2.39. The highest BCUT2D eigenvalue weighted by atomic mass is 127. The van der Waals surface area contributed by atoms with Crippen LogP contribution in [0.4, 0.5) is 0 Å². The molecule has 0 amide bonds. The average Bonchev–Trinajstić information content (AvgIpc) is 1.82. The first-order valence-electron chi connectivity index (χ1n) is 3.50. The zero-order valence-electron chi connectivity index (χ0n) is 6.10. The standard InChI is InChI=1S/C7H15IO/c1-3-4-5-7(9)6(2)8/h6-7,9H,3-5H2,1-2H3. The minimum atomic E-state index is -0.0921. The lowest BCUT2D eigenvalue weighted by molar-refractivity contribution is 0.167. The first-order valence-corrected chi connectivity index (χ1v) is 4.75. The lowest BCUT2D eigenvalue weighted by Crippen LogP contribution is -2.16. The van der Waals surface area contributed by atoms with E-state index in [4.69, 9.17) is 0 Å². The van der Waals surface area contributed by atoms with Gasteiger partial charge in [0.1, 0.15) is 0 Å². The van der Waals surface area contributed by atoms with Crippen molar-refractivity contribution < 1.29 is 5.11 Å². The third-order valence-corrected chi connectivity index (χ3v) is 2.21. The smallest absolute Gasteiger partial charge is 0.0655 e. The Hall–Kier alpha value is 0.690. The second-order valence-corrected chi connectivity index (χ2v) is 4.35. The average molecular weight is 242 g/mol. The van der Waals surface area contributed by atoms with Crippen molar-refractivity contribution in [1.82, 2.24) is 0 Å². The molecule has 0 aliphatic rings. The zero-order valence-corrected chi connectivity index (χ0v) is 8.26. The van der Waals surface area contributed by atoms with Gasteiger partial charge in [0.2, 0.25) is 0 Å². The van der Waals surface area contributed by atoms with Crippen LogP contribution in [-0.2, 0) is 0 Å². The molecule has 1 nitrogen and oxygen atoms in total. The summed E-state index contributed by atoms with van der Waals surface area (Å²) in [6.45, 7) is 4.19. The maximum absolute atomic E-state index is 9.25. The molecule has 0 rings (SSSR count). The van der Waals surface area contributed by atoms with E-state index in [0.717, 1.165) is 12.8 Å². The molecule has 0 aliphatic carbocycles. The van der Waals surface area contributed by atoms with E-state index in [-0.39, 0.29) is 6.10 Å². The predicted molar refractivity (Wildman–Crippen MR) is 49.0 cm³/mol. The van der Waals surface area contributed by atoms with E-state index < -0.39 is 0 Å². The first-order chi connectivity index (χ1) is 4.18. The molecule has 0 saturated carbocycles. The van der Waals surface area contributed by atoms with Crippen molar-refractivity contribution in [3.05, 3.63) is 0 Å². The van der Waals surface area contributed by atoms with Crippen LogP contribution in [0.1, 0.15) is 33.1 Å². The Morgan fingerprint density at radius 1 is 1.56 bits per heavy atom. The molecule has 1 N–H and O–H groups in total. The molecule has 2 heteroatoms. The van der Waals surface area contributed by atoms with Gasteiger partial charge in [-0.05, 0) is 6.42 Å². The molecule has 0 aromatic carbocycles. The lowest BCUT2D eigenvalue weighted by atomic mass is 10.1. The third kappa shape index (κ3) is 5.15. The molecule has 2 unspecified atom stereocenters. The summed E-state index contributed by atoms with van der Waals surface area (Å²) in [5.74, 6) is 0. The summed E-state index contributed by atoms with van der Waals surface area (Å²) in [5.41, 5.74) is 0. The summed E-state index contributed by atoms with van der Waals surface area (Å²) in [6.07, 6.45) is 3.20. The van der Waals surface area contributed by atoms with Crippen LogP contribution in [-0.4, -0.2) is 15.1 Å². The molecule has 56 valence electrons. The zero-order chi connectivity index (χ0) is 7.28. The highest BCUT2D eigenvalue weighted by Crippen LogP contribution is 2.11. The van der Waals surface area contributed by atoms with Gasteiger partial charge in [0.05, 0.1) is 6.10 Å². The predicted octanol–water partition coefficient (Wildman–Crippen LogP) is 2.36. The van der Waals surface area contributed by atoms with Gasteiger partial charge in [-0.1, -0.05) is 49.3 Å². The molecule has 2 atom stereocenters. The lowest BCUT2D eigenvalue weighted by Gasteiger charge is -2.11. The summed E-state index contributed by atoms with van der Waals surface area (Å²) < 4.78 is 0.397. The van der Waals surface area contributed by atoms with Crippen molar-refractivity contribution in [3.63, 3.8) is 0 Å². The minimum Gasteiger partial charge on any atom is -0.392 e. The molecule has 0 saturated heterocycles. The molecule has 9 heavy (non-hydrogen) atoms. The number of halogens is 1. The van der Waals surface area contributed by atoms with E-state index in [1.54, 1.807) is 0 Å². The van der Waals surface area contributed by atoms with E-state index >= 15 is 0 Å². The quantitative estimate of drug-likeness (QED) is 0.592. The highest BCUT2D eigenvalue weighted by Gasteiger charge is 2.08. The Kier molecular flexibility index (Phi) is 5.89. The number of aliphatic hydroxyl groups excluding tert-OH is 1. The summed E-state index contributed by atoms with van der Waals surface area (Å²) in [4.78, 5) is 0. The van der Waals surface area contributed by atoms with Crippen LogP contribution in [0.3, 0.4) is 0 Å². The van der Waals surface area contributed by atoms with Crippen molar-refractivity contribution in [1.29, 1.82) is 0 Å². The Morgan fingerprint density at radius 2 is 2.11 bits per heavy atom. The van der Waals surface area contributed by atoms with Crippen molar-refractivity contribution in [2.24, 2.45) is 0 Å². The maximum Gasteiger partial charge on any atom is 0.0655 e. The highest BCUT2D eigenvalue weighted by molar-refractivity contribution is 14.1. The van der Waals surface area contributed by atoms with E-state index in [1.165, 1.54) is 6.42 Å². The van der Waals surface area contributed by atoms with Crippen LogP contribution >= 0.6 is 22.6 Å². The minimum absolute atomic E-state index is 0.0921. The van der Waals surface area contributed by atoms with Crippen LogP contribution in [0.25, 0.3) is 0 Å². The Bertz CT molecular complexity index is 63.9. The van der Waals surface area contributed by atoms with Gasteiger partial charge in [-0.2, -0.15) is 0 Å². The van der Waals surface area contributed by atoms with Gasteiger partial charge in [0.15, 0.2) is 0 Å². The summed E-state index contributed by atoms with van der Waals surface area (Å²) in [5, 5.41) is 9.25. The van der Waals surface area contributed by atoms with E-state index in [0.29, 0.717) is 3.92 Å². The third-order valence-electron chi connectivity index (χ3n) is 1.38. The molecule has 0 bridgehead atoms. The SMILES string of the molecule is CCCCC(O)C(C)I. The Labute approximate surface area is 71.0 Å². The van der Waals surface area contributed by atoms with Gasteiger partial charge >= 0.3 is 0 Å². The van der Waals surface area contributed by atoms with Crippen molar-refractivity contribution in [2.45, 2.75) is 43.1 Å². The van der Waals surface area contributed by atoms with Gasteiger partial charge in [0, 0.05) is 3.92 Å². The van der Waals surface area contributed by atoms with Gasteiger partial charge in [-0.15, -0.1) is 0 Å². The summed E-state index contributed by atoms with van der Waals surface area (Å²) in [6, 6.07) is 0. The number of hydrogen-bond donors (Lipinski definition) is 1. The molecule has 0 aliphatic heterocycles. The molecular weight excluding hydrogens is 227 g/mol. The topological polar surface area (TPSA) is 20.2 Å². The largest absolute Gasteiger partial charge is 0.392 e. The van der Waals surface area contributed by atoms with E-state index in [1.807, 2.05) is 6.92 Å². The summed E-state index contributed by atoms with van der Waals surface area (Å²) in [7, 11) is 0. The molecule has 0 spiro atoms. The molecule has 0 aromatic heterocycles. The molecule has 0 heterocycles. The summed E-state index contributed by atoms with van der Waals surface area (Å²) >= 11 is 2.26. The van der Waals surface area contributed by atoms with Crippen LogP contribution in [0, 0.1) is 0 Å². The van der Waals surface area contributed by atoms with Crippen molar-refractivity contribution >= 4 is 22.6 Å². The first kappa shape index (κ1) is 9.69. The fourth-order valence-electron chi connectivity index (χ4n) is 0.643. The monoisotopic (exact) mass is 242 g/mol. The second kappa shape index (κ2) is 5.47. The fourth-order valence-corrected chi connectivity index (χ4v) is 1.00. The molecular formula is C7H15IO. The molecule has 0 fully saturated rings. The van der Waals surface area contributed by atoms with Gasteiger partial charge in [0.25, 0.3) is 0 Å². The van der Waals surface area contributed by atoms with Crippen molar-refractivity contribution in [3.8, 4) is 0 Å². The van der Waals surface area contributed by atoms with Crippen LogP contribution in [0.5, 0.6) is 0 Å². The molecule has 0 aromatic rings. The van der Waals surface area contributed by atoms with Crippen LogP contribution in [0.2, 0.25) is 0 Å². The number of rotatable bonds is 4. The maximum atomic E-state index is 9.25. The van der Waals surface area contributed by atoms with E-state index in [2.05, 4.69) is 29.5 Å². The number of hydrogen-bond acceptors (Lipinski definition) is 1. The van der Waals surface area contributed by atoms with Gasteiger partial charge in [-0.25, -0.2) is 0 Å². The van der Waals surface area contributed by atoms with E-state index in [9.17, 15) is 5.11 Å². The number of aliphatic hydroxyl groups is 1.